The van der Waals surface area contributed by atoms with Crippen LogP contribution in [-0.4, -0.2) is 18.0 Å². The van der Waals surface area contributed by atoms with Gasteiger partial charge in [-0.3, -0.25) is 0 Å². The maximum Gasteiger partial charge on any atom is 0.0352 e. The molecule has 0 aromatic rings. The van der Waals surface area contributed by atoms with E-state index in [4.69, 9.17) is 0 Å². The fraction of sp³-hybridized carbons (Fsp3) is 0.571. The van der Waals surface area contributed by atoms with Gasteiger partial charge in [0.2, 0.25) is 0 Å². The lowest BCUT2D eigenvalue weighted by molar-refractivity contribution is 0.419. The zero-order valence-corrected chi connectivity index (χ0v) is 10.5. The van der Waals surface area contributed by atoms with E-state index in [1.807, 2.05) is 6.92 Å². The second-order valence-corrected chi connectivity index (χ2v) is 4.90. The lowest BCUT2D eigenvalue weighted by Gasteiger charge is -2.21. The third-order valence-corrected chi connectivity index (χ3v) is 2.80. The molecule has 15 heavy (non-hydrogen) atoms. The second-order valence-electron chi connectivity index (χ2n) is 4.90. The summed E-state index contributed by atoms with van der Waals surface area (Å²) in [4.78, 5) is 2.49. The molecule has 0 aromatic carbocycles. The van der Waals surface area contributed by atoms with Crippen molar-refractivity contribution in [2.24, 2.45) is 5.92 Å². The van der Waals surface area contributed by atoms with Crippen LogP contribution in [0.5, 0.6) is 0 Å². The third kappa shape index (κ3) is 3.58. The molecule has 1 fully saturated rings. The molecule has 1 nitrogen and oxygen atoms in total. The predicted octanol–water partition coefficient (Wildman–Crippen LogP) is 3.75. The van der Waals surface area contributed by atoms with E-state index in [2.05, 4.69) is 44.4 Å². The van der Waals surface area contributed by atoms with Crippen LogP contribution >= 0.6 is 0 Å². The van der Waals surface area contributed by atoms with Gasteiger partial charge in [-0.15, -0.1) is 0 Å². The van der Waals surface area contributed by atoms with E-state index in [1.54, 1.807) is 0 Å². The maximum absolute atomic E-state index is 3.90. The molecule has 0 aromatic heterocycles. The topological polar surface area (TPSA) is 3.24 Å². The summed E-state index contributed by atoms with van der Waals surface area (Å²) in [5, 5.41) is 0. The zero-order chi connectivity index (χ0) is 11.4. The first-order valence-corrected chi connectivity index (χ1v) is 5.76. The first-order chi connectivity index (χ1) is 7.00. The Balaban J connectivity index is 2.77. The van der Waals surface area contributed by atoms with Gasteiger partial charge in [0.05, 0.1) is 0 Å². The lowest BCUT2D eigenvalue weighted by Crippen LogP contribution is -2.19. The normalized spacial score (nSPS) is 21.1. The van der Waals surface area contributed by atoms with Crippen molar-refractivity contribution in [2.45, 2.75) is 34.1 Å². The fourth-order valence-electron chi connectivity index (χ4n) is 1.96. The highest BCUT2D eigenvalue weighted by molar-refractivity contribution is 5.28. The molecule has 1 aliphatic rings. The Morgan fingerprint density at radius 2 is 1.93 bits per heavy atom. The first-order valence-electron chi connectivity index (χ1n) is 5.76. The molecule has 1 atom stereocenters. The molecule has 0 spiro atoms. The molecule has 0 unspecified atom stereocenters. The van der Waals surface area contributed by atoms with Crippen LogP contribution in [0.2, 0.25) is 0 Å². The van der Waals surface area contributed by atoms with Gasteiger partial charge in [-0.25, -0.2) is 0 Å². The minimum absolute atomic E-state index is 0.831. The quantitative estimate of drug-likeness (QED) is 0.634. The monoisotopic (exact) mass is 205 g/mol. The molecule has 1 heteroatoms. The SMILES string of the molecule is C=C(C)/C=C\C(=C(C)C)N1CC[C@H](C)C1. The van der Waals surface area contributed by atoms with Gasteiger partial charge in [-0.2, -0.15) is 0 Å². The van der Waals surface area contributed by atoms with E-state index < -0.39 is 0 Å². The van der Waals surface area contributed by atoms with Crippen molar-refractivity contribution in [3.05, 3.63) is 35.6 Å². The van der Waals surface area contributed by atoms with Crippen LogP contribution in [0.4, 0.5) is 0 Å². The fourth-order valence-corrected chi connectivity index (χ4v) is 1.96. The Morgan fingerprint density at radius 1 is 1.27 bits per heavy atom. The zero-order valence-electron chi connectivity index (χ0n) is 10.5. The van der Waals surface area contributed by atoms with Crippen LogP contribution in [-0.2, 0) is 0 Å². The molecule has 0 amide bonds. The molecular weight excluding hydrogens is 182 g/mol. The summed E-state index contributed by atoms with van der Waals surface area (Å²) < 4.78 is 0. The molecule has 1 heterocycles. The van der Waals surface area contributed by atoms with Crippen LogP contribution in [0.25, 0.3) is 0 Å². The number of hydrogen-bond acceptors (Lipinski definition) is 1. The molecule has 84 valence electrons. The summed E-state index contributed by atoms with van der Waals surface area (Å²) in [6.45, 7) is 15.0. The number of nitrogens with zero attached hydrogens (tertiary/aromatic N) is 1. The molecule has 0 radical (unpaired) electrons. The first kappa shape index (κ1) is 12.1. The molecule has 0 aliphatic carbocycles. The van der Waals surface area contributed by atoms with Crippen LogP contribution in [0.3, 0.4) is 0 Å². The van der Waals surface area contributed by atoms with E-state index in [0.717, 1.165) is 11.5 Å². The average molecular weight is 205 g/mol. The largest absolute Gasteiger partial charge is 0.371 e. The predicted molar refractivity (Wildman–Crippen MR) is 67.7 cm³/mol. The van der Waals surface area contributed by atoms with Crippen molar-refractivity contribution < 1.29 is 0 Å². The Kier molecular flexibility index (Phi) is 4.19. The highest BCUT2D eigenvalue weighted by atomic mass is 15.2. The van der Waals surface area contributed by atoms with Crippen molar-refractivity contribution in [2.75, 3.05) is 13.1 Å². The van der Waals surface area contributed by atoms with Crippen molar-refractivity contribution >= 4 is 0 Å². The Labute approximate surface area is 94.2 Å². The molecule has 1 saturated heterocycles. The summed E-state index contributed by atoms with van der Waals surface area (Å²) in [5.74, 6) is 0.831. The van der Waals surface area contributed by atoms with Gasteiger partial charge in [0.25, 0.3) is 0 Å². The van der Waals surface area contributed by atoms with Crippen molar-refractivity contribution in [3.8, 4) is 0 Å². The second kappa shape index (κ2) is 5.20. The molecule has 0 bridgehead atoms. The highest BCUT2D eigenvalue weighted by Crippen LogP contribution is 2.22. The lowest BCUT2D eigenvalue weighted by atomic mass is 10.1. The third-order valence-electron chi connectivity index (χ3n) is 2.80. The summed E-state index contributed by atoms with van der Waals surface area (Å²) in [6.07, 6.45) is 5.62. The number of allylic oxidation sites excluding steroid dienone is 4. The molecule has 1 aliphatic heterocycles. The number of rotatable bonds is 3. The van der Waals surface area contributed by atoms with Gasteiger partial charge in [0.1, 0.15) is 0 Å². The van der Waals surface area contributed by atoms with E-state index in [-0.39, 0.29) is 0 Å². The van der Waals surface area contributed by atoms with Gasteiger partial charge >= 0.3 is 0 Å². The van der Waals surface area contributed by atoms with Crippen LogP contribution < -0.4 is 0 Å². The van der Waals surface area contributed by atoms with Gasteiger partial charge in [-0.1, -0.05) is 30.7 Å². The number of likely N-dealkylation sites (tertiary alicyclic amines) is 1. The molecule has 1 rings (SSSR count). The summed E-state index contributed by atoms with van der Waals surface area (Å²) in [6, 6.07) is 0. The molecule has 0 N–H and O–H groups in total. The Bertz CT molecular complexity index is 292. The summed E-state index contributed by atoms with van der Waals surface area (Å²) in [5.41, 5.74) is 3.88. The van der Waals surface area contributed by atoms with Crippen molar-refractivity contribution in [1.29, 1.82) is 0 Å². The Morgan fingerprint density at radius 3 is 2.33 bits per heavy atom. The van der Waals surface area contributed by atoms with Crippen molar-refractivity contribution in [1.82, 2.24) is 4.90 Å². The molecule has 0 saturated carbocycles. The van der Waals surface area contributed by atoms with Gasteiger partial charge in [0.15, 0.2) is 0 Å². The Hall–Kier alpha value is -0.980. The molecular formula is C14H23N. The smallest absolute Gasteiger partial charge is 0.0352 e. The highest BCUT2D eigenvalue weighted by Gasteiger charge is 2.19. The van der Waals surface area contributed by atoms with Crippen LogP contribution in [0.15, 0.2) is 35.6 Å². The average Bonchev–Trinajstić information content (AvgIpc) is 2.51. The van der Waals surface area contributed by atoms with E-state index in [0.29, 0.717) is 0 Å². The minimum atomic E-state index is 0.831. The number of hydrogen-bond donors (Lipinski definition) is 0. The summed E-state index contributed by atoms with van der Waals surface area (Å²) in [7, 11) is 0. The van der Waals surface area contributed by atoms with Gasteiger partial charge < -0.3 is 4.90 Å². The van der Waals surface area contributed by atoms with Crippen LogP contribution in [0.1, 0.15) is 34.1 Å². The van der Waals surface area contributed by atoms with E-state index in [1.165, 1.54) is 30.8 Å². The standard InChI is InChI=1S/C14H23N/c1-11(2)6-7-14(12(3)4)15-9-8-13(5)10-15/h6-7,13H,1,8-10H2,2-5H3/b7-6-/t13-/m0/s1. The van der Waals surface area contributed by atoms with Gasteiger partial charge in [0, 0.05) is 18.8 Å². The maximum atomic E-state index is 3.90. The van der Waals surface area contributed by atoms with Gasteiger partial charge in [-0.05, 0) is 39.2 Å². The summed E-state index contributed by atoms with van der Waals surface area (Å²) >= 11 is 0. The van der Waals surface area contributed by atoms with Crippen LogP contribution in [0, 0.1) is 5.92 Å². The van der Waals surface area contributed by atoms with E-state index in [9.17, 15) is 0 Å². The van der Waals surface area contributed by atoms with Crippen molar-refractivity contribution in [3.63, 3.8) is 0 Å². The minimum Gasteiger partial charge on any atom is -0.371 e. The van der Waals surface area contributed by atoms with E-state index >= 15 is 0 Å².